The molecule has 192 valence electrons. The first kappa shape index (κ1) is 27.8. The number of aryl methyl sites for hydroxylation is 1. The van der Waals surface area contributed by atoms with Crippen LogP contribution in [0.1, 0.15) is 36.2 Å². The largest absolute Gasteiger partial charge is 0.382 e. The molecular weight excluding hydrogens is 498 g/mol. The summed E-state index contributed by atoms with van der Waals surface area (Å²) in [5.41, 5.74) is 4.48. The molecule has 2 heterocycles. The van der Waals surface area contributed by atoms with Gasteiger partial charge in [-0.15, -0.1) is 0 Å². The van der Waals surface area contributed by atoms with E-state index in [0.717, 1.165) is 42.1 Å². The summed E-state index contributed by atoms with van der Waals surface area (Å²) in [6.07, 6.45) is 2.91. The summed E-state index contributed by atoms with van der Waals surface area (Å²) in [5, 5.41) is 3.46. The summed E-state index contributed by atoms with van der Waals surface area (Å²) >= 11 is 6.34. The van der Waals surface area contributed by atoms with E-state index in [9.17, 15) is 9.00 Å². The van der Waals surface area contributed by atoms with Gasteiger partial charge in [0.1, 0.15) is 16.9 Å². The van der Waals surface area contributed by atoms with Crippen LogP contribution in [0.2, 0.25) is 5.02 Å². The molecule has 0 saturated carbocycles. The van der Waals surface area contributed by atoms with E-state index in [1.165, 1.54) is 0 Å². The zero-order valence-electron chi connectivity index (χ0n) is 20.8. The van der Waals surface area contributed by atoms with Crippen LogP contribution < -0.4 is 9.62 Å². The molecule has 1 aliphatic rings. The van der Waals surface area contributed by atoms with Gasteiger partial charge in [-0.3, -0.25) is 14.1 Å². The molecule has 2 aromatic carbocycles. The average molecular weight is 530 g/mol. The standard InChI is InChI=1S/C22H20ClN3O3S.C5H12O/c1-15-2-9-21(24-13-15)19-12-17(5-8-20(19)23)25-22(27)16-3-6-18(7-4-16)26-10-11-29-14-30(26)28;1-3-5-6-4-2/h2-9,12-13H,10-11,14H2,1H3,(H,25,27);3-5H2,1-2H3. The predicted molar refractivity (Wildman–Crippen MR) is 147 cm³/mol. The molecule has 0 spiro atoms. The number of benzene rings is 2. The molecule has 1 aliphatic heterocycles. The van der Waals surface area contributed by atoms with Crippen LogP contribution in [-0.2, 0) is 20.5 Å². The smallest absolute Gasteiger partial charge is 0.255 e. The van der Waals surface area contributed by atoms with Crippen molar-refractivity contribution in [2.24, 2.45) is 0 Å². The van der Waals surface area contributed by atoms with Crippen LogP contribution in [-0.4, -0.2) is 47.4 Å². The number of pyridine rings is 1. The van der Waals surface area contributed by atoms with Gasteiger partial charge in [0.2, 0.25) is 0 Å². The maximum absolute atomic E-state index is 12.7. The van der Waals surface area contributed by atoms with Crippen LogP contribution in [0, 0.1) is 6.92 Å². The highest BCUT2D eigenvalue weighted by molar-refractivity contribution is 7.86. The second-order valence-corrected chi connectivity index (χ2v) is 9.79. The van der Waals surface area contributed by atoms with Crippen LogP contribution in [0.3, 0.4) is 0 Å². The van der Waals surface area contributed by atoms with Gasteiger partial charge in [0.05, 0.1) is 23.9 Å². The predicted octanol–water partition coefficient (Wildman–Crippen LogP) is 5.85. The van der Waals surface area contributed by atoms with E-state index in [1.54, 1.807) is 46.9 Å². The number of carbonyl (C=O) groups excluding carboxylic acids is 1. The lowest BCUT2D eigenvalue weighted by molar-refractivity contribution is 0.102. The number of rotatable bonds is 7. The summed E-state index contributed by atoms with van der Waals surface area (Å²) in [4.78, 5) is 17.1. The third-order valence-corrected chi connectivity index (χ3v) is 6.83. The molecule has 1 fully saturated rings. The van der Waals surface area contributed by atoms with Crippen LogP contribution in [0.25, 0.3) is 11.3 Å². The Morgan fingerprint density at radius 3 is 2.56 bits per heavy atom. The van der Waals surface area contributed by atoms with Gasteiger partial charge in [0.25, 0.3) is 5.91 Å². The van der Waals surface area contributed by atoms with Crippen molar-refractivity contribution in [3.8, 4) is 11.3 Å². The number of carbonyl (C=O) groups is 1. The Labute approximate surface area is 220 Å². The number of anilines is 2. The molecule has 9 heteroatoms. The number of ether oxygens (including phenoxy) is 2. The van der Waals surface area contributed by atoms with E-state index in [0.29, 0.717) is 29.4 Å². The van der Waals surface area contributed by atoms with Crippen molar-refractivity contribution in [1.29, 1.82) is 0 Å². The second-order valence-electron chi connectivity index (χ2n) is 8.06. The molecule has 7 nitrogen and oxygen atoms in total. The lowest BCUT2D eigenvalue weighted by Gasteiger charge is -2.27. The van der Waals surface area contributed by atoms with E-state index in [-0.39, 0.29) is 11.8 Å². The van der Waals surface area contributed by atoms with Crippen molar-refractivity contribution in [3.63, 3.8) is 0 Å². The number of halogens is 1. The third kappa shape index (κ3) is 7.86. The zero-order valence-corrected chi connectivity index (χ0v) is 22.4. The van der Waals surface area contributed by atoms with Crippen molar-refractivity contribution in [2.75, 3.05) is 41.9 Å². The highest BCUT2D eigenvalue weighted by Gasteiger charge is 2.19. The molecule has 0 aliphatic carbocycles. The molecule has 1 amide bonds. The quantitative estimate of drug-likeness (QED) is 0.388. The van der Waals surface area contributed by atoms with Crippen molar-refractivity contribution in [3.05, 3.63) is 76.9 Å². The molecule has 0 bridgehead atoms. The summed E-state index contributed by atoms with van der Waals surface area (Å²) in [6.45, 7) is 8.94. The molecule has 1 aromatic heterocycles. The molecule has 1 N–H and O–H groups in total. The second kappa shape index (κ2) is 14.1. The van der Waals surface area contributed by atoms with Gasteiger partial charge in [0.15, 0.2) is 0 Å². The molecule has 1 atom stereocenters. The minimum atomic E-state index is -1.21. The van der Waals surface area contributed by atoms with E-state index in [4.69, 9.17) is 21.1 Å². The molecule has 1 unspecified atom stereocenters. The molecule has 0 radical (unpaired) electrons. The number of hydrogen-bond acceptors (Lipinski definition) is 5. The van der Waals surface area contributed by atoms with Crippen molar-refractivity contribution < 1.29 is 18.5 Å². The summed E-state index contributed by atoms with van der Waals surface area (Å²) in [6, 6.07) is 16.2. The summed E-state index contributed by atoms with van der Waals surface area (Å²) in [7, 11) is -1.21. The van der Waals surface area contributed by atoms with Gasteiger partial charge in [0, 0.05) is 41.9 Å². The average Bonchev–Trinajstić information content (AvgIpc) is 2.90. The third-order valence-electron chi connectivity index (χ3n) is 5.25. The fourth-order valence-electron chi connectivity index (χ4n) is 3.39. The Hall–Kier alpha value is -2.78. The Kier molecular flexibility index (Phi) is 10.9. The first-order valence-corrected chi connectivity index (χ1v) is 13.5. The number of amides is 1. The van der Waals surface area contributed by atoms with Crippen molar-refractivity contribution >= 4 is 39.9 Å². The normalized spacial score (nSPS) is 15.1. The van der Waals surface area contributed by atoms with Crippen molar-refractivity contribution in [2.45, 2.75) is 27.2 Å². The number of aromatic nitrogens is 1. The van der Waals surface area contributed by atoms with Gasteiger partial charge in [-0.2, -0.15) is 0 Å². The van der Waals surface area contributed by atoms with Crippen LogP contribution >= 0.6 is 11.6 Å². The molecule has 36 heavy (non-hydrogen) atoms. The highest BCUT2D eigenvalue weighted by Crippen LogP contribution is 2.30. The Bertz CT molecular complexity index is 1150. The van der Waals surface area contributed by atoms with E-state index in [1.807, 2.05) is 32.0 Å². The lowest BCUT2D eigenvalue weighted by Crippen LogP contribution is -2.36. The van der Waals surface area contributed by atoms with Crippen LogP contribution in [0.4, 0.5) is 11.4 Å². The zero-order chi connectivity index (χ0) is 25.9. The first-order valence-electron chi connectivity index (χ1n) is 11.9. The molecule has 4 rings (SSSR count). The Morgan fingerprint density at radius 1 is 1.17 bits per heavy atom. The fourth-order valence-corrected chi connectivity index (χ4v) is 4.62. The monoisotopic (exact) mass is 529 g/mol. The maximum atomic E-state index is 12.7. The SMILES string of the molecule is CCCOCC.Cc1ccc(-c2cc(NC(=O)c3ccc(N4CCOCS4=O)cc3)ccc2Cl)nc1. The van der Waals surface area contributed by atoms with Gasteiger partial charge < -0.3 is 14.8 Å². The summed E-state index contributed by atoms with van der Waals surface area (Å²) < 4.78 is 24.0. The van der Waals surface area contributed by atoms with Gasteiger partial charge in [-0.1, -0.05) is 24.6 Å². The Balaban J connectivity index is 0.000000538. The molecule has 1 saturated heterocycles. The minimum Gasteiger partial charge on any atom is -0.382 e. The van der Waals surface area contributed by atoms with Crippen LogP contribution in [0.15, 0.2) is 60.8 Å². The highest BCUT2D eigenvalue weighted by atomic mass is 35.5. The van der Waals surface area contributed by atoms with E-state index in [2.05, 4.69) is 17.2 Å². The molecule has 3 aromatic rings. The topological polar surface area (TPSA) is 80.8 Å². The molecular formula is C27H32ClN3O4S. The van der Waals surface area contributed by atoms with E-state index >= 15 is 0 Å². The number of nitrogens with one attached hydrogen (secondary N) is 1. The van der Waals surface area contributed by atoms with Gasteiger partial charge in [-0.25, -0.2) is 4.21 Å². The van der Waals surface area contributed by atoms with Crippen LogP contribution in [0.5, 0.6) is 0 Å². The van der Waals surface area contributed by atoms with Crippen molar-refractivity contribution in [1.82, 2.24) is 4.98 Å². The lowest BCUT2D eigenvalue weighted by atomic mass is 10.1. The minimum absolute atomic E-state index is 0.191. The first-order chi connectivity index (χ1) is 17.4. The number of hydrogen-bond donors (Lipinski definition) is 1. The van der Waals surface area contributed by atoms with Gasteiger partial charge in [-0.05, 0) is 74.4 Å². The maximum Gasteiger partial charge on any atom is 0.255 e. The summed E-state index contributed by atoms with van der Waals surface area (Å²) in [5.74, 6) is -0.0495. The van der Waals surface area contributed by atoms with Gasteiger partial charge >= 0.3 is 0 Å². The Morgan fingerprint density at radius 2 is 1.94 bits per heavy atom. The number of nitrogens with zero attached hydrogens (tertiary/aromatic N) is 2. The van der Waals surface area contributed by atoms with E-state index < -0.39 is 11.0 Å². The fraction of sp³-hybridized carbons (Fsp3) is 0.333.